The molecule has 0 unspecified atom stereocenters. The van der Waals surface area contributed by atoms with Gasteiger partial charge < -0.3 is 13.9 Å². The standard InChI is InChI=1S/C17H16N2O3/c1-11-4-6-12(7-5-11)16-18-19-17(22-16)13-8-14(20-2)10-15(9-13)21-3/h4-10H,1-3H3. The van der Waals surface area contributed by atoms with Crippen molar-refractivity contribution in [2.45, 2.75) is 6.92 Å². The molecule has 0 aliphatic rings. The van der Waals surface area contributed by atoms with E-state index in [4.69, 9.17) is 13.9 Å². The van der Waals surface area contributed by atoms with Crippen LogP contribution in [-0.4, -0.2) is 24.4 Å². The van der Waals surface area contributed by atoms with Gasteiger partial charge in [-0.05, 0) is 31.2 Å². The van der Waals surface area contributed by atoms with Gasteiger partial charge in [0.05, 0.1) is 14.2 Å². The van der Waals surface area contributed by atoms with Crippen molar-refractivity contribution in [3.05, 3.63) is 48.0 Å². The summed E-state index contributed by atoms with van der Waals surface area (Å²) in [5.74, 6) is 2.25. The average Bonchev–Trinajstić information content (AvgIpc) is 3.05. The lowest BCUT2D eigenvalue weighted by molar-refractivity contribution is 0.394. The topological polar surface area (TPSA) is 57.4 Å². The highest BCUT2D eigenvalue weighted by molar-refractivity contribution is 5.61. The number of methoxy groups -OCH3 is 2. The molecule has 1 aromatic heterocycles. The third-order valence-electron chi connectivity index (χ3n) is 3.32. The molecule has 0 amide bonds. The number of aromatic nitrogens is 2. The Morgan fingerprint density at radius 1 is 0.773 bits per heavy atom. The van der Waals surface area contributed by atoms with Crippen LogP contribution < -0.4 is 9.47 Å². The lowest BCUT2D eigenvalue weighted by Gasteiger charge is -2.05. The molecule has 3 rings (SSSR count). The van der Waals surface area contributed by atoms with Gasteiger partial charge in [-0.2, -0.15) is 0 Å². The Labute approximate surface area is 128 Å². The molecule has 0 aliphatic carbocycles. The zero-order valence-electron chi connectivity index (χ0n) is 12.7. The minimum atomic E-state index is 0.424. The zero-order chi connectivity index (χ0) is 15.5. The van der Waals surface area contributed by atoms with Gasteiger partial charge in [-0.25, -0.2) is 0 Å². The first-order chi connectivity index (χ1) is 10.7. The Hall–Kier alpha value is -2.82. The van der Waals surface area contributed by atoms with E-state index in [0.29, 0.717) is 23.3 Å². The predicted octanol–water partition coefficient (Wildman–Crippen LogP) is 3.73. The minimum Gasteiger partial charge on any atom is -0.497 e. The van der Waals surface area contributed by atoms with Gasteiger partial charge in [0, 0.05) is 17.2 Å². The van der Waals surface area contributed by atoms with Crippen molar-refractivity contribution in [3.8, 4) is 34.4 Å². The summed E-state index contributed by atoms with van der Waals surface area (Å²) in [7, 11) is 3.20. The Kier molecular flexibility index (Phi) is 3.78. The molecule has 5 heteroatoms. The molecule has 22 heavy (non-hydrogen) atoms. The summed E-state index contributed by atoms with van der Waals surface area (Å²) in [6.07, 6.45) is 0. The van der Waals surface area contributed by atoms with Gasteiger partial charge in [-0.1, -0.05) is 17.7 Å². The summed E-state index contributed by atoms with van der Waals surface area (Å²) in [5, 5.41) is 8.21. The second kappa shape index (κ2) is 5.89. The van der Waals surface area contributed by atoms with E-state index in [0.717, 1.165) is 11.1 Å². The Morgan fingerprint density at radius 2 is 1.32 bits per heavy atom. The van der Waals surface area contributed by atoms with E-state index in [2.05, 4.69) is 10.2 Å². The Morgan fingerprint density at radius 3 is 1.86 bits per heavy atom. The van der Waals surface area contributed by atoms with Crippen LogP contribution in [-0.2, 0) is 0 Å². The molecule has 1 heterocycles. The van der Waals surface area contributed by atoms with Crippen molar-refractivity contribution < 1.29 is 13.9 Å². The van der Waals surface area contributed by atoms with E-state index in [9.17, 15) is 0 Å². The summed E-state index contributed by atoms with van der Waals surface area (Å²) in [4.78, 5) is 0. The molecule has 0 bridgehead atoms. The van der Waals surface area contributed by atoms with Crippen molar-refractivity contribution >= 4 is 0 Å². The SMILES string of the molecule is COc1cc(OC)cc(-c2nnc(-c3ccc(C)cc3)o2)c1. The maximum atomic E-state index is 5.76. The monoisotopic (exact) mass is 296 g/mol. The largest absolute Gasteiger partial charge is 0.497 e. The lowest BCUT2D eigenvalue weighted by Crippen LogP contribution is -1.88. The smallest absolute Gasteiger partial charge is 0.248 e. The Balaban J connectivity index is 1.98. The summed E-state index contributed by atoms with van der Waals surface area (Å²) >= 11 is 0. The molecule has 5 nitrogen and oxygen atoms in total. The van der Waals surface area contributed by atoms with Crippen LogP contribution in [0.25, 0.3) is 22.9 Å². The minimum absolute atomic E-state index is 0.424. The molecule has 112 valence electrons. The van der Waals surface area contributed by atoms with Crippen molar-refractivity contribution in [2.24, 2.45) is 0 Å². The van der Waals surface area contributed by atoms with Gasteiger partial charge in [0.15, 0.2) is 0 Å². The van der Waals surface area contributed by atoms with E-state index in [1.54, 1.807) is 20.3 Å². The number of hydrogen-bond acceptors (Lipinski definition) is 5. The van der Waals surface area contributed by atoms with E-state index in [1.165, 1.54) is 5.56 Å². The molecule has 0 saturated carbocycles. The van der Waals surface area contributed by atoms with Crippen LogP contribution in [0.2, 0.25) is 0 Å². The third kappa shape index (κ3) is 2.79. The predicted molar refractivity (Wildman–Crippen MR) is 83.0 cm³/mol. The number of hydrogen-bond donors (Lipinski definition) is 0. The van der Waals surface area contributed by atoms with Crippen LogP contribution in [0.15, 0.2) is 46.9 Å². The fourth-order valence-electron chi connectivity index (χ4n) is 2.08. The van der Waals surface area contributed by atoms with Crippen molar-refractivity contribution in [1.29, 1.82) is 0 Å². The van der Waals surface area contributed by atoms with E-state index < -0.39 is 0 Å². The van der Waals surface area contributed by atoms with Gasteiger partial charge in [-0.3, -0.25) is 0 Å². The second-order valence-electron chi connectivity index (χ2n) is 4.88. The molecular formula is C17H16N2O3. The van der Waals surface area contributed by atoms with Gasteiger partial charge in [-0.15, -0.1) is 10.2 Å². The van der Waals surface area contributed by atoms with Crippen LogP contribution in [0.4, 0.5) is 0 Å². The summed E-state index contributed by atoms with van der Waals surface area (Å²) in [6.45, 7) is 2.03. The summed E-state index contributed by atoms with van der Waals surface area (Å²) in [6, 6.07) is 13.4. The molecule has 2 aromatic carbocycles. The third-order valence-corrected chi connectivity index (χ3v) is 3.32. The van der Waals surface area contributed by atoms with Crippen molar-refractivity contribution in [3.63, 3.8) is 0 Å². The first-order valence-electron chi connectivity index (χ1n) is 6.83. The number of nitrogens with zero attached hydrogens (tertiary/aromatic N) is 2. The van der Waals surface area contributed by atoms with Crippen LogP contribution in [0, 0.1) is 6.92 Å². The van der Waals surface area contributed by atoms with Gasteiger partial charge in [0.25, 0.3) is 0 Å². The number of benzene rings is 2. The normalized spacial score (nSPS) is 10.5. The van der Waals surface area contributed by atoms with Crippen molar-refractivity contribution in [2.75, 3.05) is 14.2 Å². The summed E-state index contributed by atoms with van der Waals surface area (Å²) in [5.41, 5.74) is 2.82. The average molecular weight is 296 g/mol. The molecule has 0 fully saturated rings. The van der Waals surface area contributed by atoms with Crippen LogP contribution >= 0.6 is 0 Å². The van der Waals surface area contributed by atoms with Gasteiger partial charge in [0.2, 0.25) is 11.8 Å². The zero-order valence-corrected chi connectivity index (χ0v) is 12.7. The molecule has 0 aliphatic heterocycles. The van der Waals surface area contributed by atoms with E-state index in [1.807, 2.05) is 43.3 Å². The first-order valence-corrected chi connectivity index (χ1v) is 6.83. The summed E-state index contributed by atoms with van der Waals surface area (Å²) < 4.78 is 16.3. The molecule has 0 saturated heterocycles. The first kappa shape index (κ1) is 14.1. The number of aryl methyl sites for hydroxylation is 1. The Bertz CT molecular complexity index is 757. The van der Waals surface area contributed by atoms with E-state index in [-0.39, 0.29) is 0 Å². The molecule has 3 aromatic rings. The molecular weight excluding hydrogens is 280 g/mol. The highest BCUT2D eigenvalue weighted by Crippen LogP contribution is 2.30. The number of ether oxygens (including phenoxy) is 2. The lowest BCUT2D eigenvalue weighted by atomic mass is 10.1. The molecule has 0 radical (unpaired) electrons. The maximum absolute atomic E-state index is 5.76. The van der Waals surface area contributed by atoms with E-state index >= 15 is 0 Å². The molecule has 0 atom stereocenters. The number of rotatable bonds is 4. The van der Waals surface area contributed by atoms with Gasteiger partial charge in [0.1, 0.15) is 11.5 Å². The van der Waals surface area contributed by atoms with Gasteiger partial charge >= 0.3 is 0 Å². The van der Waals surface area contributed by atoms with Crippen LogP contribution in [0.3, 0.4) is 0 Å². The van der Waals surface area contributed by atoms with Crippen LogP contribution in [0.1, 0.15) is 5.56 Å². The van der Waals surface area contributed by atoms with Crippen molar-refractivity contribution in [1.82, 2.24) is 10.2 Å². The second-order valence-corrected chi connectivity index (χ2v) is 4.88. The highest BCUT2D eigenvalue weighted by Gasteiger charge is 2.12. The van der Waals surface area contributed by atoms with Crippen LogP contribution in [0.5, 0.6) is 11.5 Å². The maximum Gasteiger partial charge on any atom is 0.248 e. The fraction of sp³-hybridized carbons (Fsp3) is 0.176. The molecule has 0 spiro atoms. The molecule has 0 N–H and O–H groups in total. The highest BCUT2D eigenvalue weighted by atomic mass is 16.5. The quantitative estimate of drug-likeness (QED) is 0.734. The fourth-order valence-corrected chi connectivity index (χ4v) is 2.08.